The Bertz CT molecular complexity index is 617. The zero-order valence-corrected chi connectivity index (χ0v) is 10.2. The highest BCUT2D eigenvalue weighted by molar-refractivity contribution is 6.00. The lowest BCUT2D eigenvalue weighted by Crippen LogP contribution is -2.26. The highest BCUT2D eigenvalue weighted by atomic mass is 16.6. The maximum absolute atomic E-state index is 11.9. The monoisotopic (exact) mass is 275 g/mol. The summed E-state index contributed by atoms with van der Waals surface area (Å²) in [6.45, 7) is 0.0427. The van der Waals surface area contributed by atoms with Gasteiger partial charge < -0.3 is 0 Å². The molecule has 0 aromatic heterocycles. The molecular formula is C12H9N3O5. The van der Waals surface area contributed by atoms with Crippen molar-refractivity contribution in [1.29, 1.82) is 0 Å². The molecule has 1 amide bonds. The summed E-state index contributed by atoms with van der Waals surface area (Å²) >= 11 is 0. The molecule has 1 aromatic rings. The minimum absolute atomic E-state index is 0.0275. The van der Waals surface area contributed by atoms with Gasteiger partial charge in [0.05, 0.1) is 9.85 Å². The zero-order chi connectivity index (χ0) is 14.9. The van der Waals surface area contributed by atoms with Crippen molar-refractivity contribution in [2.45, 2.75) is 6.42 Å². The minimum atomic E-state index is -0.751. The van der Waals surface area contributed by atoms with E-state index in [1.54, 1.807) is 0 Å². The number of hydrogen-bond acceptors (Lipinski definition) is 5. The SMILES string of the molecule is C#CC1CC(=O)N(c2c([N+](=O)[O-])cccc2[N+](=O)[O-])C1. The van der Waals surface area contributed by atoms with E-state index in [-0.39, 0.29) is 18.7 Å². The van der Waals surface area contributed by atoms with Gasteiger partial charge in [-0.2, -0.15) is 0 Å². The van der Waals surface area contributed by atoms with Crippen molar-refractivity contribution in [3.63, 3.8) is 0 Å². The normalized spacial score (nSPS) is 17.9. The Morgan fingerprint density at radius 1 is 1.25 bits per heavy atom. The first-order valence-corrected chi connectivity index (χ1v) is 5.64. The number of hydrogen-bond donors (Lipinski definition) is 0. The van der Waals surface area contributed by atoms with Crippen LogP contribution in [0.3, 0.4) is 0 Å². The molecule has 20 heavy (non-hydrogen) atoms. The lowest BCUT2D eigenvalue weighted by molar-refractivity contribution is -0.392. The van der Waals surface area contributed by atoms with Gasteiger partial charge in [-0.15, -0.1) is 12.3 Å². The van der Waals surface area contributed by atoms with Crippen LogP contribution in [-0.4, -0.2) is 22.3 Å². The summed E-state index contributed by atoms with van der Waals surface area (Å²) in [5, 5.41) is 22.0. The minimum Gasteiger partial charge on any atom is -0.299 e. The molecular weight excluding hydrogens is 266 g/mol. The summed E-state index contributed by atoms with van der Waals surface area (Å²) < 4.78 is 0. The molecule has 102 valence electrons. The second-order valence-electron chi connectivity index (χ2n) is 4.23. The van der Waals surface area contributed by atoms with Crippen molar-refractivity contribution in [3.05, 3.63) is 38.4 Å². The predicted octanol–water partition coefficient (Wildman–Crippen LogP) is 1.49. The lowest BCUT2D eigenvalue weighted by atomic mass is 10.1. The van der Waals surface area contributed by atoms with Gasteiger partial charge in [-0.25, -0.2) is 0 Å². The van der Waals surface area contributed by atoms with Gasteiger partial charge in [-0.3, -0.25) is 29.9 Å². The molecule has 0 N–H and O–H groups in total. The fourth-order valence-corrected chi connectivity index (χ4v) is 2.13. The molecule has 0 bridgehead atoms. The van der Waals surface area contributed by atoms with Crippen molar-refractivity contribution in [2.24, 2.45) is 5.92 Å². The molecule has 0 spiro atoms. The number of rotatable bonds is 3. The first-order chi connectivity index (χ1) is 9.45. The molecule has 1 atom stereocenters. The van der Waals surface area contributed by atoms with Crippen LogP contribution >= 0.6 is 0 Å². The maximum atomic E-state index is 11.9. The van der Waals surface area contributed by atoms with Crippen LogP contribution in [0.2, 0.25) is 0 Å². The zero-order valence-electron chi connectivity index (χ0n) is 10.2. The molecule has 2 rings (SSSR count). The number of carbonyl (C=O) groups excluding carboxylic acids is 1. The van der Waals surface area contributed by atoms with Gasteiger partial charge in [0, 0.05) is 31.0 Å². The van der Waals surface area contributed by atoms with E-state index in [1.807, 2.05) is 0 Å². The summed E-state index contributed by atoms with van der Waals surface area (Å²) in [6.07, 6.45) is 5.26. The fraction of sp³-hybridized carbons (Fsp3) is 0.250. The second-order valence-corrected chi connectivity index (χ2v) is 4.23. The number of anilines is 1. The Morgan fingerprint density at radius 2 is 1.80 bits per heavy atom. The number of nitrogens with zero attached hydrogens (tertiary/aromatic N) is 3. The van der Waals surface area contributed by atoms with Gasteiger partial charge >= 0.3 is 0 Å². The second kappa shape index (κ2) is 4.97. The molecule has 1 saturated heterocycles. The average molecular weight is 275 g/mol. The molecule has 1 aliphatic heterocycles. The van der Waals surface area contributed by atoms with Crippen LogP contribution in [-0.2, 0) is 4.79 Å². The largest absolute Gasteiger partial charge is 0.300 e. The van der Waals surface area contributed by atoms with E-state index in [4.69, 9.17) is 6.42 Å². The Hall–Kier alpha value is -2.95. The number of terminal acetylenes is 1. The lowest BCUT2D eigenvalue weighted by Gasteiger charge is -2.15. The number of benzene rings is 1. The fourth-order valence-electron chi connectivity index (χ4n) is 2.13. The van der Waals surface area contributed by atoms with E-state index in [0.717, 1.165) is 17.0 Å². The Morgan fingerprint density at radius 3 is 2.20 bits per heavy atom. The van der Waals surface area contributed by atoms with Crippen molar-refractivity contribution < 1.29 is 14.6 Å². The molecule has 1 aliphatic rings. The Kier molecular flexibility index (Phi) is 3.35. The van der Waals surface area contributed by atoms with E-state index in [1.165, 1.54) is 6.07 Å². The van der Waals surface area contributed by atoms with Crippen molar-refractivity contribution in [1.82, 2.24) is 0 Å². The molecule has 1 aromatic carbocycles. The summed E-state index contributed by atoms with van der Waals surface area (Å²) in [7, 11) is 0. The highest BCUT2D eigenvalue weighted by Gasteiger charge is 2.38. The van der Waals surface area contributed by atoms with Crippen molar-refractivity contribution in [2.75, 3.05) is 11.4 Å². The summed E-state index contributed by atoms with van der Waals surface area (Å²) in [5.74, 6) is 1.53. The van der Waals surface area contributed by atoms with Crippen molar-refractivity contribution in [3.8, 4) is 12.3 Å². The van der Waals surface area contributed by atoms with Crippen LogP contribution in [0.1, 0.15) is 6.42 Å². The van der Waals surface area contributed by atoms with E-state index >= 15 is 0 Å². The van der Waals surface area contributed by atoms with E-state index in [0.29, 0.717) is 0 Å². The van der Waals surface area contributed by atoms with Gasteiger partial charge in [-0.1, -0.05) is 0 Å². The Labute approximate surface area is 113 Å². The third-order valence-electron chi connectivity index (χ3n) is 3.02. The topological polar surface area (TPSA) is 107 Å². The number of carbonyl (C=O) groups is 1. The smallest absolute Gasteiger partial charge is 0.299 e. The van der Waals surface area contributed by atoms with E-state index < -0.39 is 33.0 Å². The summed E-state index contributed by atoms with van der Waals surface area (Å²) in [5.41, 5.74) is -1.26. The summed E-state index contributed by atoms with van der Waals surface area (Å²) in [6, 6.07) is 3.45. The predicted molar refractivity (Wildman–Crippen MR) is 69.0 cm³/mol. The van der Waals surface area contributed by atoms with Crippen LogP contribution in [0, 0.1) is 38.5 Å². The quantitative estimate of drug-likeness (QED) is 0.472. The molecule has 1 heterocycles. The highest BCUT2D eigenvalue weighted by Crippen LogP contribution is 2.39. The first kappa shape index (κ1) is 13.5. The standard InChI is InChI=1S/C12H9N3O5/c1-2-8-6-11(16)13(7-8)12-9(14(17)18)4-3-5-10(12)15(19)20/h1,3-5,8H,6-7H2. The maximum Gasteiger partial charge on any atom is 0.300 e. The third kappa shape index (κ3) is 2.16. The van der Waals surface area contributed by atoms with Crippen LogP contribution in [0.25, 0.3) is 0 Å². The summed E-state index contributed by atoms with van der Waals surface area (Å²) in [4.78, 5) is 33.4. The molecule has 0 saturated carbocycles. The van der Waals surface area contributed by atoms with Crippen LogP contribution in [0.4, 0.5) is 17.1 Å². The molecule has 8 nitrogen and oxygen atoms in total. The first-order valence-electron chi connectivity index (χ1n) is 5.64. The molecule has 8 heteroatoms. The van der Waals surface area contributed by atoms with Gasteiger partial charge in [0.25, 0.3) is 11.4 Å². The van der Waals surface area contributed by atoms with E-state index in [9.17, 15) is 25.0 Å². The van der Waals surface area contributed by atoms with Crippen LogP contribution in [0.5, 0.6) is 0 Å². The van der Waals surface area contributed by atoms with Gasteiger partial charge in [0.1, 0.15) is 0 Å². The number of nitro benzene ring substituents is 2. The van der Waals surface area contributed by atoms with Gasteiger partial charge in [0.15, 0.2) is 0 Å². The van der Waals surface area contributed by atoms with Crippen LogP contribution in [0.15, 0.2) is 18.2 Å². The molecule has 1 fully saturated rings. The van der Waals surface area contributed by atoms with Crippen LogP contribution < -0.4 is 4.90 Å². The van der Waals surface area contributed by atoms with Gasteiger partial charge in [0.2, 0.25) is 11.6 Å². The van der Waals surface area contributed by atoms with E-state index in [2.05, 4.69) is 5.92 Å². The van der Waals surface area contributed by atoms with Crippen molar-refractivity contribution >= 4 is 23.0 Å². The number of nitro groups is 2. The number of amides is 1. The average Bonchev–Trinajstić information content (AvgIpc) is 2.78. The molecule has 1 unspecified atom stereocenters. The third-order valence-corrected chi connectivity index (χ3v) is 3.02. The Balaban J connectivity index is 2.60. The number of para-hydroxylation sites is 1. The molecule has 0 radical (unpaired) electrons. The van der Waals surface area contributed by atoms with Gasteiger partial charge in [-0.05, 0) is 6.07 Å². The molecule has 0 aliphatic carbocycles.